The van der Waals surface area contributed by atoms with Crippen LogP contribution in [0.5, 0.6) is 5.75 Å². The Morgan fingerprint density at radius 2 is 2.16 bits per heavy atom. The molecular formula is C12H16N2O5. The summed E-state index contributed by atoms with van der Waals surface area (Å²) in [5, 5.41) is 19.6. The molecule has 0 aliphatic carbocycles. The van der Waals surface area contributed by atoms with Gasteiger partial charge < -0.3 is 14.7 Å². The van der Waals surface area contributed by atoms with Crippen LogP contribution in [0.15, 0.2) is 18.2 Å². The van der Waals surface area contributed by atoms with Gasteiger partial charge in [-0.15, -0.1) is 0 Å². The van der Waals surface area contributed by atoms with Crippen LogP contribution >= 0.6 is 0 Å². The number of hydrogen-bond acceptors (Lipinski definition) is 5. The molecule has 0 aliphatic heterocycles. The highest BCUT2D eigenvalue weighted by Gasteiger charge is 2.14. The van der Waals surface area contributed by atoms with Crippen molar-refractivity contribution in [2.75, 3.05) is 25.1 Å². The number of non-ortho nitro benzene ring substituents is 1. The van der Waals surface area contributed by atoms with Crippen molar-refractivity contribution in [2.45, 2.75) is 13.3 Å². The normalized spacial score (nSPS) is 10.0. The molecule has 0 aromatic heterocycles. The number of carbonyl (C=O) groups is 1. The molecule has 0 unspecified atom stereocenters. The Hall–Kier alpha value is -2.31. The van der Waals surface area contributed by atoms with E-state index in [-0.39, 0.29) is 12.2 Å². The number of nitro benzene ring substituents is 1. The predicted molar refractivity (Wildman–Crippen MR) is 69.8 cm³/mol. The Morgan fingerprint density at radius 1 is 1.47 bits per heavy atom. The Labute approximate surface area is 110 Å². The molecule has 0 spiro atoms. The first-order valence-corrected chi connectivity index (χ1v) is 5.79. The van der Waals surface area contributed by atoms with Crippen LogP contribution in [-0.4, -0.2) is 36.2 Å². The minimum Gasteiger partial charge on any atom is -0.493 e. The van der Waals surface area contributed by atoms with E-state index in [2.05, 4.69) is 0 Å². The van der Waals surface area contributed by atoms with Crippen LogP contribution in [0.4, 0.5) is 11.4 Å². The molecule has 1 rings (SSSR count). The fraction of sp³-hybridized carbons (Fsp3) is 0.417. The number of benzene rings is 1. The molecule has 0 atom stereocenters. The number of anilines is 1. The molecule has 0 radical (unpaired) electrons. The van der Waals surface area contributed by atoms with Crippen LogP contribution in [0.1, 0.15) is 13.3 Å². The minimum atomic E-state index is -1.01. The number of hydrogen-bond donors (Lipinski definition) is 1. The average Bonchev–Trinajstić information content (AvgIpc) is 2.35. The van der Waals surface area contributed by atoms with Gasteiger partial charge in [0, 0.05) is 24.9 Å². The molecule has 7 nitrogen and oxygen atoms in total. The molecule has 1 aromatic rings. The summed E-state index contributed by atoms with van der Waals surface area (Å²) in [4.78, 5) is 22.4. The lowest BCUT2D eigenvalue weighted by Gasteiger charge is -2.17. The van der Waals surface area contributed by atoms with Crippen molar-refractivity contribution in [3.8, 4) is 5.75 Å². The number of rotatable bonds is 7. The first kappa shape index (κ1) is 14.7. The molecule has 0 heterocycles. The molecule has 0 aliphatic rings. The van der Waals surface area contributed by atoms with Crippen LogP contribution < -0.4 is 9.64 Å². The van der Waals surface area contributed by atoms with E-state index in [1.165, 1.54) is 17.0 Å². The van der Waals surface area contributed by atoms with Gasteiger partial charge in [-0.05, 0) is 6.42 Å². The quantitative estimate of drug-likeness (QED) is 0.599. The molecule has 104 valence electrons. The molecule has 1 N–H and O–H groups in total. The zero-order chi connectivity index (χ0) is 14.4. The Balaban J connectivity index is 3.04. The third-order valence-corrected chi connectivity index (χ3v) is 2.37. The van der Waals surface area contributed by atoms with Crippen molar-refractivity contribution in [1.82, 2.24) is 0 Å². The van der Waals surface area contributed by atoms with Crippen LogP contribution in [-0.2, 0) is 4.79 Å². The fourth-order valence-electron chi connectivity index (χ4n) is 1.49. The maximum Gasteiger partial charge on any atom is 0.323 e. The van der Waals surface area contributed by atoms with E-state index in [0.717, 1.165) is 6.42 Å². The second kappa shape index (κ2) is 6.58. The molecule has 19 heavy (non-hydrogen) atoms. The molecule has 0 saturated carbocycles. The van der Waals surface area contributed by atoms with Gasteiger partial charge in [-0.25, -0.2) is 0 Å². The Bertz CT molecular complexity index is 475. The summed E-state index contributed by atoms with van der Waals surface area (Å²) in [6, 6.07) is 4.24. The van der Waals surface area contributed by atoms with Gasteiger partial charge in [-0.1, -0.05) is 6.92 Å². The lowest BCUT2D eigenvalue weighted by atomic mass is 10.2. The minimum absolute atomic E-state index is 0.124. The highest BCUT2D eigenvalue weighted by atomic mass is 16.6. The largest absolute Gasteiger partial charge is 0.493 e. The third-order valence-electron chi connectivity index (χ3n) is 2.37. The van der Waals surface area contributed by atoms with Crippen LogP contribution in [0.3, 0.4) is 0 Å². The molecular weight excluding hydrogens is 252 g/mol. The maximum absolute atomic E-state index is 10.8. The fourth-order valence-corrected chi connectivity index (χ4v) is 1.49. The molecule has 0 saturated heterocycles. The maximum atomic E-state index is 10.8. The van der Waals surface area contributed by atoms with E-state index in [1.54, 1.807) is 13.1 Å². The first-order valence-electron chi connectivity index (χ1n) is 5.79. The van der Waals surface area contributed by atoms with Gasteiger partial charge in [0.2, 0.25) is 0 Å². The van der Waals surface area contributed by atoms with Crippen molar-refractivity contribution in [3.63, 3.8) is 0 Å². The van der Waals surface area contributed by atoms with E-state index >= 15 is 0 Å². The number of nitro groups is 1. The Morgan fingerprint density at radius 3 is 2.68 bits per heavy atom. The van der Waals surface area contributed by atoms with E-state index in [1.807, 2.05) is 6.92 Å². The van der Waals surface area contributed by atoms with Gasteiger partial charge >= 0.3 is 5.97 Å². The zero-order valence-corrected chi connectivity index (χ0v) is 10.8. The molecule has 0 amide bonds. The molecule has 0 bridgehead atoms. The highest BCUT2D eigenvalue weighted by Crippen LogP contribution is 2.28. The summed E-state index contributed by atoms with van der Waals surface area (Å²) in [7, 11) is 1.55. The lowest BCUT2D eigenvalue weighted by molar-refractivity contribution is -0.384. The van der Waals surface area contributed by atoms with Gasteiger partial charge in [-0.2, -0.15) is 0 Å². The van der Waals surface area contributed by atoms with Crippen molar-refractivity contribution in [3.05, 3.63) is 28.3 Å². The van der Waals surface area contributed by atoms with Crippen molar-refractivity contribution < 1.29 is 19.6 Å². The number of likely N-dealkylation sites (N-methyl/N-ethyl adjacent to an activating group) is 1. The zero-order valence-electron chi connectivity index (χ0n) is 10.8. The SMILES string of the molecule is CCCOc1cc(N(C)CC(=O)O)cc([N+](=O)[O-])c1. The first-order chi connectivity index (χ1) is 8.93. The number of carboxylic acids is 1. The number of nitrogens with zero attached hydrogens (tertiary/aromatic N) is 2. The van der Waals surface area contributed by atoms with Gasteiger partial charge in [0.15, 0.2) is 0 Å². The summed E-state index contributed by atoms with van der Waals surface area (Å²) in [5.74, 6) is -0.645. The number of ether oxygens (including phenoxy) is 1. The van der Waals surface area contributed by atoms with Crippen LogP contribution in [0, 0.1) is 10.1 Å². The van der Waals surface area contributed by atoms with Gasteiger partial charge in [0.05, 0.1) is 17.6 Å². The summed E-state index contributed by atoms with van der Waals surface area (Å²) < 4.78 is 5.36. The number of aliphatic carboxylic acids is 1. The van der Waals surface area contributed by atoms with E-state index in [9.17, 15) is 14.9 Å². The summed E-state index contributed by atoms with van der Waals surface area (Å²) >= 11 is 0. The van der Waals surface area contributed by atoms with Crippen molar-refractivity contribution in [1.29, 1.82) is 0 Å². The van der Waals surface area contributed by atoms with Gasteiger partial charge in [-0.3, -0.25) is 14.9 Å². The molecule has 0 fully saturated rings. The van der Waals surface area contributed by atoms with Crippen LogP contribution in [0.2, 0.25) is 0 Å². The monoisotopic (exact) mass is 268 g/mol. The highest BCUT2D eigenvalue weighted by molar-refractivity contribution is 5.74. The number of carboxylic acid groups (broad SMARTS) is 1. The Kier molecular flexibility index (Phi) is 5.11. The van der Waals surface area contributed by atoms with E-state index in [0.29, 0.717) is 18.0 Å². The summed E-state index contributed by atoms with van der Waals surface area (Å²) in [5.41, 5.74) is 0.309. The van der Waals surface area contributed by atoms with Gasteiger partial charge in [0.1, 0.15) is 12.3 Å². The lowest BCUT2D eigenvalue weighted by Crippen LogP contribution is -2.25. The third kappa shape index (κ3) is 4.46. The summed E-state index contributed by atoms with van der Waals surface area (Å²) in [6.07, 6.45) is 0.781. The smallest absolute Gasteiger partial charge is 0.323 e. The van der Waals surface area contributed by atoms with E-state index < -0.39 is 10.9 Å². The predicted octanol–water partition coefficient (Wildman–Crippen LogP) is 1.90. The molecule has 7 heteroatoms. The second-order valence-corrected chi connectivity index (χ2v) is 4.04. The topological polar surface area (TPSA) is 92.9 Å². The van der Waals surface area contributed by atoms with Crippen molar-refractivity contribution in [2.24, 2.45) is 0 Å². The van der Waals surface area contributed by atoms with Crippen LogP contribution in [0.25, 0.3) is 0 Å². The van der Waals surface area contributed by atoms with Crippen molar-refractivity contribution >= 4 is 17.3 Å². The standard InChI is InChI=1S/C12H16N2O5/c1-3-4-19-11-6-9(13(2)8-12(15)16)5-10(7-11)14(17)18/h5-7H,3-4,8H2,1-2H3,(H,15,16). The summed E-state index contributed by atoms with van der Waals surface area (Å²) in [6.45, 7) is 2.13. The average molecular weight is 268 g/mol. The van der Waals surface area contributed by atoms with Gasteiger partial charge in [0.25, 0.3) is 5.69 Å². The second-order valence-electron chi connectivity index (χ2n) is 4.04. The molecule has 1 aromatic carbocycles. The van der Waals surface area contributed by atoms with E-state index in [4.69, 9.17) is 9.84 Å².